The van der Waals surface area contributed by atoms with Crippen molar-refractivity contribution in [2.24, 2.45) is 10.8 Å². The van der Waals surface area contributed by atoms with Crippen LogP contribution in [0, 0.1) is 10.8 Å². The minimum atomic E-state index is -0.920. The molecule has 6 spiro atoms. The van der Waals surface area contributed by atoms with Gasteiger partial charge in [0.1, 0.15) is 0 Å². The fourth-order valence-corrected chi connectivity index (χ4v) is 17.9. The minimum absolute atomic E-state index is 0. The second-order valence-electron chi connectivity index (χ2n) is 18.1. The van der Waals surface area contributed by atoms with E-state index in [9.17, 15) is 0 Å². The van der Waals surface area contributed by atoms with Gasteiger partial charge in [-0.2, -0.15) is 33.8 Å². The Bertz CT molecular complexity index is 2690. The first kappa shape index (κ1) is 38.9. The first-order valence-electron chi connectivity index (χ1n) is 22.4. The average molecular weight is 954 g/mol. The molecule has 316 valence electrons. The fraction of sp³-hybridized carbons (Fsp3) is 0.308. The van der Waals surface area contributed by atoms with Crippen molar-refractivity contribution in [2.75, 3.05) is 26.4 Å². The number of pyridine rings is 4. The van der Waals surface area contributed by atoms with E-state index < -0.39 is 17.6 Å². The summed E-state index contributed by atoms with van der Waals surface area (Å²) in [5.41, 5.74) is 8.22. The normalized spacial score (nSPS) is 31.5. The second-order valence-corrected chi connectivity index (χ2v) is 22.8. The molecule has 8 aromatic rings. The predicted octanol–water partition coefficient (Wildman–Crippen LogP) is 6.68. The van der Waals surface area contributed by atoms with Crippen LogP contribution < -0.4 is 20.7 Å². The zero-order valence-electron chi connectivity index (χ0n) is 35.3. The molecule has 4 aliphatic carbocycles. The summed E-state index contributed by atoms with van der Waals surface area (Å²) >= 11 is 0. The van der Waals surface area contributed by atoms with Crippen molar-refractivity contribution in [1.82, 2.24) is 19.9 Å². The molecular weight excluding hydrogens is 907 g/mol. The van der Waals surface area contributed by atoms with E-state index in [0.717, 1.165) is 70.5 Å². The van der Waals surface area contributed by atoms with Gasteiger partial charge in [0.2, 0.25) is 0 Å². The Hall–Kier alpha value is -4.54. The van der Waals surface area contributed by atoms with Crippen LogP contribution >= 0.6 is 0 Å². The van der Waals surface area contributed by atoms with E-state index in [1.165, 1.54) is 68.0 Å². The Morgan fingerprint density at radius 1 is 0.413 bits per heavy atom. The monoisotopic (exact) mass is 952 g/mol. The van der Waals surface area contributed by atoms with Crippen LogP contribution in [0.3, 0.4) is 0 Å². The number of nitrogens with zero attached hydrogens (tertiary/aromatic N) is 4. The van der Waals surface area contributed by atoms with Gasteiger partial charge in [0, 0.05) is 93.7 Å². The number of ether oxygens (including phenoxy) is 2. The molecule has 4 aromatic heterocycles. The summed E-state index contributed by atoms with van der Waals surface area (Å²) < 4.78 is 16.9. The molecule has 0 atom stereocenters. The van der Waals surface area contributed by atoms with Gasteiger partial charge in [-0.1, -0.05) is 97.1 Å². The van der Waals surface area contributed by atoms with Crippen molar-refractivity contribution < 1.29 is 38.6 Å². The number of rotatable bonds is 4. The Morgan fingerprint density at radius 3 is 0.889 bits per heavy atom. The van der Waals surface area contributed by atoms with Crippen LogP contribution in [0.1, 0.15) is 25.7 Å². The third-order valence-corrected chi connectivity index (χ3v) is 20.7. The summed E-state index contributed by atoms with van der Waals surface area (Å²) in [6, 6.07) is 42.4. The molecule has 0 unspecified atom stereocenters. The van der Waals surface area contributed by atoms with Gasteiger partial charge in [-0.15, -0.1) is 0 Å². The van der Waals surface area contributed by atoms with E-state index in [0.29, 0.717) is 11.6 Å². The van der Waals surface area contributed by atoms with Crippen LogP contribution in [-0.2, 0) is 38.6 Å². The maximum absolute atomic E-state index is 4.94. The van der Waals surface area contributed by atoms with E-state index in [-0.39, 0.29) is 20.4 Å². The van der Waals surface area contributed by atoms with Gasteiger partial charge in [-0.3, -0.25) is 28.7 Å². The molecule has 0 amide bonds. The van der Waals surface area contributed by atoms with Crippen molar-refractivity contribution in [3.05, 3.63) is 146 Å². The minimum Gasteiger partial charge on any atom is -0.381 e. The van der Waals surface area contributed by atoms with Gasteiger partial charge in [-0.05, 0) is 71.5 Å². The molecule has 0 N–H and O–H groups in total. The Labute approximate surface area is 383 Å². The average Bonchev–Trinajstić information content (AvgIpc) is 4.02. The van der Waals surface area contributed by atoms with Crippen LogP contribution in [-0.4, -0.2) is 86.7 Å². The van der Waals surface area contributed by atoms with Crippen molar-refractivity contribution in [3.63, 3.8) is 0 Å². The van der Waals surface area contributed by atoms with Crippen LogP contribution in [0.5, 0.6) is 0 Å². The maximum atomic E-state index is 4.94. The molecule has 5 saturated heterocycles. The number of epoxide rings is 2. The largest absolute Gasteiger partial charge is 0.489 e. The van der Waals surface area contributed by atoms with Gasteiger partial charge >= 0.3 is 33.6 Å². The molecule has 63 heavy (non-hydrogen) atoms. The number of para-hydroxylation sites is 4. The standard InChI is InChI=1S/2C19H15N2Si.C6O2.2C4H8O.Pd/c2*1-22(16-10-2-6-14-8-4-12-20-18(14)16)17-11-3-7-15-9-5-13-21-19(15)17;7-3-1-2(3)4(1)6(2,7)8(4)5(1,3)7;2*1-2-4-5-3-1;/h2*2-13H,1H3;;2*1-4H2;/q2*-1;+2;;;. The van der Waals surface area contributed by atoms with Crippen LogP contribution in [0.2, 0.25) is 13.1 Å². The van der Waals surface area contributed by atoms with Crippen molar-refractivity contribution in [2.45, 2.75) is 61.6 Å². The first-order valence-corrected chi connectivity index (χ1v) is 26.4. The number of hydrogen-bond acceptors (Lipinski definition) is 6. The molecule has 0 bridgehead atoms. The molecule has 8 nitrogen and oxygen atoms in total. The molecule has 17 rings (SSSR count). The van der Waals surface area contributed by atoms with E-state index in [1.54, 1.807) is 0 Å². The van der Waals surface area contributed by atoms with Crippen molar-refractivity contribution in [1.29, 1.82) is 0 Å². The van der Waals surface area contributed by atoms with E-state index in [2.05, 4.69) is 139 Å². The van der Waals surface area contributed by atoms with Gasteiger partial charge in [0.05, 0.1) is 0 Å². The Morgan fingerprint density at radius 2 is 0.683 bits per heavy atom. The summed E-state index contributed by atoms with van der Waals surface area (Å²) in [7, 11) is -1.84. The van der Waals surface area contributed by atoms with Crippen molar-refractivity contribution in [3.8, 4) is 0 Å². The van der Waals surface area contributed by atoms with Crippen LogP contribution in [0.15, 0.2) is 146 Å². The van der Waals surface area contributed by atoms with Crippen LogP contribution in [0.25, 0.3) is 43.6 Å². The number of fused-ring (bicyclic) bond motifs is 4. The van der Waals surface area contributed by atoms with Gasteiger partial charge in [-0.25, -0.2) is 17.6 Å². The van der Waals surface area contributed by atoms with Gasteiger partial charge in [0.25, 0.3) is 0 Å². The number of aromatic nitrogens is 4. The summed E-state index contributed by atoms with van der Waals surface area (Å²) in [6.07, 6.45) is 12.6. The molecule has 9 aliphatic rings. The number of hydrogen-bond donors (Lipinski definition) is 0. The quantitative estimate of drug-likeness (QED) is 0.112. The smallest absolute Gasteiger partial charge is 0.381 e. The zero-order chi connectivity index (χ0) is 41.1. The summed E-state index contributed by atoms with van der Waals surface area (Å²) in [5.74, 6) is 1.42. The first-order chi connectivity index (χ1) is 30.7. The molecule has 4 aromatic carbocycles. The summed E-state index contributed by atoms with van der Waals surface area (Å²) in [5, 5.41) is 10.2. The predicted molar refractivity (Wildman–Crippen MR) is 247 cm³/mol. The molecule has 11 heteroatoms. The molecule has 9 fully saturated rings. The second kappa shape index (κ2) is 13.3. The molecular formula is C52H46N4O4PdSi2. The Balaban J connectivity index is 0.0000000892. The molecule has 0 radical (unpaired) electrons. The molecule has 9 heterocycles. The topological polar surface area (TPSA) is 75.4 Å². The van der Waals surface area contributed by atoms with E-state index in [4.69, 9.17) is 9.47 Å². The maximum Gasteiger partial charge on any atom is 0.489 e. The van der Waals surface area contributed by atoms with Crippen molar-refractivity contribution >= 4 is 82.0 Å². The summed E-state index contributed by atoms with van der Waals surface area (Å²) in [4.78, 5) is 18.5. The third kappa shape index (κ3) is 3.99. The SMILES string of the molecule is C1CCOC1.C1CCOC1.C[Si-](c1cccc2cccnc12)c1cccc2cccnc12.C[Si-](c1cccc2cccnc12)c1cccc2cccnc12.[O+]12C34[O+]5C16C51C35C24C615.[Pd]. The molecule has 5 aliphatic heterocycles. The summed E-state index contributed by atoms with van der Waals surface area (Å²) in [6.45, 7) is 8.66. The van der Waals surface area contributed by atoms with E-state index in [1.807, 2.05) is 49.1 Å². The zero-order valence-corrected chi connectivity index (χ0v) is 38.8. The van der Waals surface area contributed by atoms with Gasteiger partial charge < -0.3 is 9.47 Å². The Kier molecular flexibility index (Phi) is 8.19. The molecule has 4 saturated carbocycles. The third-order valence-electron chi connectivity index (χ3n) is 15.8. The number of benzene rings is 4. The van der Waals surface area contributed by atoms with Crippen LogP contribution in [0.4, 0.5) is 0 Å². The fourth-order valence-electron chi connectivity index (χ4n) is 13.6. The van der Waals surface area contributed by atoms with Gasteiger partial charge in [0.15, 0.2) is 0 Å². The van der Waals surface area contributed by atoms with E-state index >= 15 is 0 Å².